The monoisotopic (exact) mass is 172 g/mol. The first-order valence-electron chi connectivity index (χ1n) is 4.71. The van der Waals surface area contributed by atoms with Gasteiger partial charge in [-0.2, -0.15) is 0 Å². The van der Waals surface area contributed by atoms with Crippen LogP contribution in [0.1, 0.15) is 19.8 Å². The molecular formula is C9H20N2O. The number of methoxy groups -OCH3 is 1. The van der Waals surface area contributed by atoms with Gasteiger partial charge in [0.1, 0.15) is 0 Å². The van der Waals surface area contributed by atoms with Gasteiger partial charge >= 0.3 is 0 Å². The smallest absolute Gasteiger partial charge is 0.0503 e. The Balaban J connectivity index is 2.33. The quantitative estimate of drug-likeness (QED) is 0.683. The number of piperidine rings is 1. The molecular weight excluding hydrogens is 152 g/mol. The van der Waals surface area contributed by atoms with Crippen LogP contribution in [0.25, 0.3) is 0 Å². The molecule has 3 heteroatoms. The summed E-state index contributed by atoms with van der Waals surface area (Å²) >= 11 is 0. The molecule has 0 saturated carbocycles. The molecule has 0 spiro atoms. The number of rotatable bonds is 3. The SMILES string of the molecule is CNN1CC(COC)CCC1C. The van der Waals surface area contributed by atoms with E-state index in [-0.39, 0.29) is 0 Å². The van der Waals surface area contributed by atoms with E-state index in [1.54, 1.807) is 7.11 Å². The lowest BCUT2D eigenvalue weighted by Gasteiger charge is -2.36. The van der Waals surface area contributed by atoms with Crippen molar-refractivity contribution in [2.45, 2.75) is 25.8 Å². The van der Waals surface area contributed by atoms with Crippen LogP contribution < -0.4 is 5.43 Å². The van der Waals surface area contributed by atoms with Gasteiger partial charge in [0.05, 0.1) is 6.61 Å². The topological polar surface area (TPSA) is 24.5 Å². The van der Waals surface area contributed by atoms with Gasteiger partial charge in [0.2, 0.25) is 0 Å². The van der Waals surface area contributed by atoms with E-state index in [0.29, 0.717) is 12.0 Å². The highest BCUT2D eigenvalue weighted by atomic mass is 16.5. The van der Waals surface area contributed by atoms with E-state index in [1.165, 1.54) is 12.8 Å². The summed E-state index contributed by atoms with van der Waals surface area (Å²) in [5.74, 6) is 0.707. The van der Waals surface area contributed by atoms with Gasteiger partial charge in [0.25, 0.3) is 0 Å². The lowest BCUT2D eigenvalue weighted by atomic mass is 9.95. The highest BCUT2D eigenvalue weighted by Crippen LogP contribution is 2.19. The highest BCUT2D eigenvalue weighted by Gasteiger charge is 2.23. The standard InChI is InChI=1S/C9H20N2O/c1-8-4-5-9(7-12-3)6-11(8)10-2/h8-10H,4-7H2,1-3H3. The van der Waals surface area contributed by atoms with Crippen molar-refractivity contribution >= 4 is 0 Å². The molecule has 1 rings (SSSR count). The molecule has 0 aromatic heterocycles. The minimum Gasteiger partial charge on any atom is -0.384 e. The summed E-state index contributed by atoms with van der Waals surface area (Å²) in [4.78, 5) is 0. The first-order chi connectivity index (χ1) is 5.77. The average molecular weight is 172 g/mol. The zero-order chi connectivity index (χ0) is 8.97. The van der Waals surface area contributed by atoms with Gasteiger partial charge in [0.15, 0.2) is 0 Å². The predicted molar refractivity (Wildman–Crippen MR) is 49.8 cm³/mol. The van der Waals surface area contributed by atoms with Crippen molar-refractivity contribution in [3.05, 3.63) is 0 Å². The largest absolute Gasteiger partial charge is 0.384 e. The van der Waals surface area contributed by atoms with E-state index in [9.17, 15) is 0 Å². The molecule has 0 bridgehead atoms. The Morgan fingerprint density at radius 2 is 2.25 bits per heavy atom. The maximum absolute atomic E-state index is 5.15. The lowest BCUT2D eigenvalue weighted by Crippen LogP contribution is -2.49. The third-order valence-corrected chi connectivity index (χ3v) is 2.67. The molecule has 12 heavy (non-hydrogen) atoms. The van der Waals surface area contributed by atoms with E-state index in [2.05, 4.69) is 17.4 Å². The van der Waals surface area contributed by atoms with Gasteiger partial charge in [-0.25, -0.2) is 5.01 Å². The number of nitrogens with one attached hydrogen (secondary N) is 1. The van der Waals surface area contributed by atoms with Gasteiger partial charge in [-0.05, 0) is 32.7 Å². The molecule has 3 nitrogen and oxygen atoms in total. The second-order valence-electron chi connectivity index (χ2n) is 3.62. The van der Waals surface area contributed by atoms with Crippen LogP contribution in [0, 0.1) is 5.92 Å². The first-order valence-corrected chi connectivity index (χ1v) is 4.71. The summed E-state index contributed by atoms with van der Waals surface area (Å²) in [7, 11) is 3.77. The molecule has 1 fully saturated rings. The molecule has 72 valence electrons. The van der Waals surface area contributed by atoms with E-state index in [4.69, 9.17) is 4.74 Å². The van der Waals surface area contributed by atoms with Crippen molar-refractivity contribution in [3.63, 3.8) is 0 Å². The number of ether oxygens (including phenoxy) is 1. The normalized spacial score (nSPS) is 32.2. The molecule has 0 aliphatic carbocycles. The minimum absolute atomic E-state index is 0.670. The van der Waals surface area contributed by atoms with Crippen LogP contribution in [0.2, 0.25) is 0 Å². The number of hydrazine groups is 1. The van der Waals surface area contributed by atoms with Crippen LogP contribution >= 0.6 is 0 Å². The molecule has 2 unspecified atom stereocenters. The van der Waals surface area contributed by atoms with Crippen molar-refractivity contribution in [1.29, 1.82) is 0 Å². The maximum Gasteiger partial charge on any atom is 0.0503 e. The van der Waals surface area contributed by atoms with Crippen molar-refractivity contribution in [2.24, 2.45) is 5.92 Å². The second kappa shape index (κ2) is 4.80. The summed E-state index contributed by atoms with van der Waals surface area (Å²) in [5, 5.41) is 2.30. The molecule has 2 atom stereocenters. The Hall–Kier alpha value is -0.120. The molecule has 1 aliphatic rings. The highest BCUT2D eigenvalue weighted by molar-refractivity contribution is 4.75. The van der Waals surface area contributed by atoms with Crippen molar-refractivity contribution < 1.29 is 4.74 Å². The maximum atomic E-state index is 5.15. The van der Waals surface area contributed by atoms with Gasteiger partial charge in [0, 0.05) is 19.7 Å². The Bertz CT molecular complexity index is 130. The third-order valence-electron chi connectivity index (χ3n) is 2.67. The van der Waals surface area contributed by atoms with Gasteiger partial charge < -0.3 is 4.74 Å². The van der Waals surface area contributed by atoms with Crippen LogP contribution in [-0.4, -0.2) is 38.4 Å². The molecule has 1 N–H and O–H groups in total. The summed E-state index contributed by atoms with van der Waals surface area (Å²) in [6.45, 7) is 4.27. The molecule has 0 aromatic rings. The lowest BCUT2D eigenvalue weighted by molar-refractivity contribution is 0.0372. The predicted octanol–water partition coefficient (Wildman–Crippen LogP) is 0.868. The van der Waals surface area contributed by atoms with Crippen LogP contribution in [0.4, 0.5) is 0 Å². The zero-order valence-corrected chi connectivity index (χ0v) is 8.34. The Labute approximate surface area is 75.0 Å². The Kier molecular flexibility index (Phi) is 3.98. The zero-order valence-electron chi connectivity index (χ0n) is 8.34. The van der Waals surface area contributed by atoms with E-state index in [1.807, 2.05) is 7.05 Å². The number of hydrogen-bond donors (Lipinski definition) is 1. The Morgan fingerprint density at radius 3 is 2.83 bits per heavy atom. The van der Waals surface area contributed by atoms with Crippen LogP contribution in [0.15, 0.2) is 0 Å². The first kappa shape index (κ1) is 9.96. The number of nitrogens with zero attached hydrogens (tertiary/aromatic N) is 1. The summed E-state index contributed by atoms with van der Waals surface area (Å²) in [6.07, 6.45) is 2.57. The number of hydrogen-bond acceptors (Lipinski definition) is 3. The molecule has 0 radical (unpaired) electrons. The summed E-state index contributed by atoms with van der Waals surface area (Å²) in [5.41, 5.74) is 3.22. The molecule has 0 amide bonds. The van der Waals surface area contributed by atoms with Crippen molar-refractivity contribution in [2.75, 3.05) is 27.3 Å². The van der Waals surface area contributed by atoms with Crippen LogP contribution in [0.5, 0.6) is 0 Å². The minimum atomic E-state index is 0.670. The van der Waals surface area contributed by atoms with Crippen LogP contribution in [-0.2, 0) is 4.74 Å². The summed E-state index contributed by atoms with van der Waals surface area (Å²) < 4.78 is 5.15. The van der Waals surface area contributed by atoms with Crippen molar-refractivity contribution in [1.82, 2.24) is 10.4 Å². The van der Waals surface area contributed by atoms with Gasteiger partial charge in [-0.15, -0.1) is 0 Å². The van der Waals surface area contributed by atoms with E-state index < -0.39 is 0 Å². The molecule has 1 saturated heterocycles. The average Bonchev–Trinajstić information content (AvgIpc) is 2.09. The van der Waals surface area contributed by atoms with Crippen LogP contribution in [0.3, 0.4) is 0 Å². The third kappa shape index (κ3) is 2.44. The molecule has 0 aromatic carbocycles. The fraction of sp³-hybridized carbons (Fsp3) is 1.00. The van der Waals surface area contributed by atoms with Gasteiger partial charge in [-0.1, -0.05) is 0 Å². The fourth-order valence-electron chi connectivity index (χ4n) is 1.87. The molecule has 1 aliphatic heterocycles. The molecule has 1 heterocycles. The second-order valence-corrected chi connectivity index (χ2v) is 3.62. The van der Waals surface area contributed by atoms with E-state index >= 15 is 0 Å². The van der Waals surface area contributed by atoms with Crippen molar-refractivity contribution in [3.8, 4) is 0 Å². The van der Waals surface area contributed by atoms with E-state index in [0.717, 1.165) is 13.2 Å². The summed E-state index contributed by atoms with van der Waals surface area (Å²) in [6, 6.07) is 0.670. The van der Waals surface area contributed by atoms with Gasteiger partial charge in [-0.3, -0.25) is 5.43 Å². The fourth-order valence-corrected chi connectivity index (χ4v) is 1.87. The Morgan fingerprint density at radius 1 is 1.50 bits per heavy atom.